The first-order valence-corrected chi connectivity index (χ1v) is 9.86. The molecule has 8 heteroatoms. The van der Waals surface area contributed by atoms with Crippen LogP contribution in [0.2, 0.25) is 0 Å². The van der Waals surface area contributed by atoms with Crippen molar-refractivity contribution in [2.45, 2.75) is 78.9 Å². The number of unbranched alkanes of at least 4 members (excludes halogenated alkanes) is 1. The van der Waals surface area contributed by atoms with Crippen LogP contribution >= 0.6 is 0 Å². The number of nitrogens with zero attached hydrogens (tertiary/aromatic N) is 5. The van der Waals surface area contributed by atoms with Gasteiger partial charge in [0.15, 0.2) is 0 Å². The van der Waals surface area contributed by atoms with E-state index < -0.39 is 0 Å². The first-order valence-electron chi connectivity index (χ1n) is 9.86. The lowest BCUT2D eigenvalue weighted by Crippen LogP contribution is -2.37. The van der Waals surface area contributed by atoms with Crippen LogP contribution < -0.4 is 5.69 Å². The summed E-state index contributed by atoms with van der Waals surface area (Å²) in [6.45, 7) is 9.04. The smallest absolute Gasteiger partial charge is 0.346 e. The van der Waals surface area contributed by atoms with Gasteiger partial charge in [-0.2, -0.15) is 5.10 Å². The SMILES string of the molecule is CCCCc1nn(CC(=O)N2CCC[C@H]2c2c(C)noc2C)c(=O)n1CC. The summed E-state index contributed by atoms with van der Waals surface area (Å²) in [5, 5.41) is 8.46. The molecule has 2 aromatic rings. The maximum atomic E-state index is 13.0. The van der Waals surface area contributed by atoms with Crippen LogP contribution in [0.25, 0.3) is 0 Å². The van der Waals surface area contributed by atoms with Crippen molar-refractivity contribution in [3.8, 4) is 0 Å². The summed E-state index contributed by atoms with van der Waals surface area (Å²) in [5.41, 5.74) is 1.62. The summed E-state index contributed by atoms with van der Waals surface area (Å²) in [5.74, 6) is 1.44. The van der Waals surface area contributed by atoms with Crippen LogP contribution in [0.1, 0.15) is 68.4 Å². The van der Waals surface area contributed by atoms with Crippen molar-refractivity contribution in [1.82, 2.24) is 24.4 Å². The summed E-state index contributed by atoms with van der Waals surface area (Å²) >= 11 is 0. The van der Waals surface area contributed by atoms with Gasteiger partial charge in [0.25, 0.3) is 0 Å². The van der Waals surface area contributed by atoms with Gasteiger partial charge in [-0.15, -0.1) is 0 Å². The molecular formula is C19H29N5O3. The Morgan fingerprint density at radius 2 is 2.07 bits per heavy atom. The molecule has 3 heterocycles. The molecule has 0 saturated carbocycles. The highest BCUT2D eigenvalue weighted by molar-refractivity contribution is 5.76. The number of hydrogen-bond donors (Lipinski definition) is 0. The number of aromatic nitrogens is 4. The van der Waals surface area contributed by atoms with E-state index in [0.29, 0.717) is 13.1 Å². The van der Waals surface area contributed by atoms with E-state index in [1.54, 1.807) is 4.57 Å². The van der Waals surface area contributed by atoms with Gasteiger partial charge in [-0.3, -0.25) is 9.36 Å². The Morgan fingerprint density at radius 3 is 2.70 bits per heavy atom. The molecule has 0 N–H and O–H groups in total. The van der Waals surface area contributed by atoms with E-state index in [9.17, 15) is 9.59 Å². The molecule has 0 unspecified atom stereocenters. The first kappa shape index (κ1) is 19.4. The molecule has 3 rings (SSSR count). The lowest BCUT2D eigenvalue weighted by atomic mass is 10.0. The van der Waals surface area contributed by atoms with Gasteiger partial charge in [0, 0.05) is 25.1 Å². The van der Waals surface area contributed by atoms with E-state index in [-0.39, 0.29) is 24.2 Å². The van der Waals surface area contributed by atoms with Crippen molar-refractivity contribution in [3.63, 3.8) is 0 Å². The third-order valence-corrected chi connectivity index (χ3v) is 5.35. The molecule has 8 nitrogen and oxygen atoms in total. The second-order valence-corrected chi connectivity index (χ2v) is 7.19. The maximum absolute atomic E-state index is 13.0. The van der Waals surface area contributed by atoms with Crippen molar-refractivity contribution in [1.29, 1.82) is 0 Å². The van der Waals surface area contributed by atoms with Crippen LogP contribution in [-0.2, 0) is 24.3 Å². The average molecular weight is 375 g/mol. The molecule has 2 aromatic heterocycles. The Morgan fingerprint density at radius 1 is 1.30 bits per heavy atom. The van der Waals surface area contributed by atoms with Gasteiger partial charge in [-0.1, -0.05) is 18.5 Å². The summed E-state index contributed by atoms with van der Waals surface area (Å²) in [7, 11) is 0. The number of aryl methyl sites for hydroxylation is 3. The zero-order chi connectivity index (χ0) is 19.6. The third-order valence-electron chi connectivity index (χ3n) is 5.35. The van der Waals surface area contributed by atoms with Gasteiger partial charge in [-0.25, -0.2) is 9.48 Å². The Bertz CT molecular complexity index is 844. The predicted molar refractivity (Wildman–Crippen MR) is 100 cm³/mol. The molecule has 148 valence electrons. The highest BCUT2D eigenvalue weighted by atomic mass is 16.5. The molecule has 1 saturated heterocycles. The molecule has 1 aliphatic rings. The molecule has 1 amide bonds. The number of amides is 1. The average Bonchev–Trinajstić information content (AvgIpc) is 3.32. The fourth-order valence-corrected chi connectivity index (χ4v) is 3.98. The summed E-state index contributed by atoms with van der Waals surface area (Å²) in [4.78, 5) is 27.4. The summed E-state index contributed by atoms with van der Waals surface area (Å²) < 4.78 is 8.27. The van der Waals surface area contributed by atoms with Crippen LogP contribution in [0.5, 0.6) is 0 Å². The predicted octanol–water partition coefficient (Wildman–Crippen LogP) is 2.38. The third kappa shape index (κ3) is 3.70. The van der Waals surface area contributed by atoms with E-state index in [2.05, 4.69) is 17.2 Å². The fraction of sp³-hybridized carbons (Fsp3) is 0.684. The molecule has 0 aliphatic carbocycles. The number of likely N-dealkylation sites (tertiary alicyclic amines) is 1. The number of hydrogen-bond acceptors (Lipinski definition) is 5. The number of rotatable bonds is 7. The lowest BCUT2D eigenvalue weighted by molar-refractivity contribution is -0.133. The minimum Gasteiger partial charge on any atom is -0.361 e. The van der Waals surface area contributed by atoms with E-state index in [1.807, 2.05) is 25.7 Å². The largest absolute Gasteiger partial charge is 0.361 e. The molecule has 1 fully saturated rings. The van der Waals surface area contributed by atoms with Gasteiger partial charge in [-0.05, 0) is 40.0 Å². The van der Waals surface area contributed by atoms with Crippen LogP contribution in [0.3, 0.4) is 0 Å². The molecule has 0 radical (unpaired) electrons. The quantitative estimate of drug-likeness (QED) is 0.742. The highest BCUT2D eigenvalue weighted by Gasteiger charge is 2.34. The van der Waals surface area contributed by atoms with Crippen molar-refractivity contribution in [2.24, 2.45) is 0 Å². The normalized spacial score (nSPS) is 17.0. The minimum absolute atomic E-state index is 0.0230. The Labute approximate surface area is 159 Å². The van der Waals surface area contributed by atoms with Crippen molar-refractivity contribution in [2.75, 3.05) is 6.54 Å². The topological polar surface area (TPSA) is 86.2 Å². The molecule has 1 atom stereocenters. The summed E-state index contributed by atoms with van der Waals surface area (Å²) in [6, 6.07) is -0.0349. The maximum Gasteiger partial charge on any atom is 0.346 e. The van der Waals surface area contributed by atoms with Crippen molar-refractivity contribution in [3.05, 3.63) is 33.3 Å². The highest BCUT2D eigenvalue weighted by Crippen LogP contribution is 2.35. The van der Waals surface area contributed by atoms with E-state index in [4.69, 9.17) is 4.52 Å². The molecular weight excluding hydrogens is 346 g/mol. The van der Waals surface area contributed by atoms with E-state index in [1.165, 1.54) is 4.68 Å². The lowest BCUT2D eigenvalue weighted by Gasteiger charge is -2.24. The minimum atomic E-state index is -0.204. The zero-order valence-corrected chi connectivity index (χ0v) is 16.7. The van der Waals surface area contributed by atoms with Crippen LogP contribution in [0, 0.1) is 13.8 Å². The van der Waals surface area contributed by atoms with Gasteiger partial charge >= 0.3 is 5.69 Å². The first-order chi connectivity index (χ1) is 13.0. The Hall–Kier alpha value is -2.38. The zero-order valence-electron chi connectivity index (χ0n) is 16.7. The van der Waals surface area contributed by atoms with Crippen LogP contribution in [0.15, 0.2) is 9.32 Å². The number of carbonyl (C=O) groups is 1. The molecule has 0 bridgehead atoms. The Kier molecular flexibility index (Phi) is 5.82. The monoisotopic (exact) mass is 375 g/mol. The molecule has 0 aromatic carbocycles. The second kappa shape index (κ2) is 8.10. The number of carbonyl (C=O) groups excluding carboxylic acids is 1. The van der Waals surface area contributed by atoms with Crippen LogP contribution in [-0.4, -0.2) is 36.9 Å². The molecule has 27 heavy (non-hydrogen) atoms. The standard InChI is InChI=1S/C19H29N5O3/c1-5-7-10-16-20-24(19(26)22(16)6-2)12-17(25)23-11-8-9-15(23)18-13(3)21-27-14(18)4/h15H,5-12H2,1-4H3/t15-/m0/s1. The van der Waals surface area contributed by atoms with E-state index >= 15 is 0 Å². The van der Waals surface area contributed by atoms with E-state index in [0.717, 1.165) is 54.9 Å². The summed E-state index contributed by atoms with van der Waals surface area (Å²) in [6.07, 6.45) is 4.59. The Balaban J connectivity index is 1.81. The van der Waals surface area contributed by atoms with Crippen molar-refractivity contribution < 1.29 is 9.32 Å². The van der Waals surface area contributed by atoms with Crippen LogP contribution in [0.4, 0.5) is 0 Å². The van der Waals surface area contributed by atoms with Gasteiger partial charge < -0.3 is 9.42 Å². The van der Waals surface area contributed by atoms with Gasteiger partial charge in [0.2, 0.25) is 5.91 Å². The molecule has 1 aliphatic heterocycles. The molecule has 0 spiro atoms. The second-order valence-electron chi connectivity index (χ2n) is 7.19. The van der Waals surface area contributed by atoms with Crippen molar-refractivity contribution >= 4 is 5.91 Å². The fourth-order valence-electron chi connectivity index (χ4n) is 3.98. The van der Waals surface area contributed by atoms with Gasteiger partial charge in [0.05, 0.1) is 11.7 Å². The van der Waals surface area contributed by atoms with Gasteiger partial charge in [0.1, 0.15) is 18.1 Å².